The number of rotatable bonds is 4. The van der Waals surface area contributed by atoms with Crippen molar-refractivity contribution in [3.05, 3.63) is 42.7 Å². The minimum absolute atomic E-state index is 0.0847. The van der Waals surface area contributed by atoms with Crippen LogP contribution in [0.15, 0.2) is 36.9 Å². The number of hydrogen-bond donors (Lipinski definition) is 2. The van der Waals surface area contributed by atoms with Crippen molar-refractivity contribution in [3.8, 4) is 11.7 Å². The van der Waals surface area contributed by atoms with Crippen LogP contribution in [0.4, 0.5) is 5.69 Å². The minimum Gasteiger partial charge on any atom is -0.497 e. The van der Waals surface area contributed by atoms with E-state index >= 15 is 0 Å². The van der Waals surface area contributed by atoms with E-state index in [1.54, 1.807) is 31.4 Å². The van der Waals surface area contributed by atoms with E-state index in [0.29, 0.717) is 11.4 Å². The molecule has 9 heteroatoms. The lowest BCUT2D eigenvalue weighted by Crippen LogP contribution is -2.13. The molecule has 1 amide bonds. The van der Waals surface area contributed by atoms with E-state index in [2.05, 4.69) is 30.7 Å². The van der Waals surface area contributed by atoms with Gasteiger partial charge in [0.25, 0.3) is 11.9 Å². The van der Waals surface area contributed by atoms with Crippen LogP contribution in [-0.2, 0) is 0 Å². The van der Waals surface area contributed by atoms with Crippen molar-refractivity contribution < 1.29 is 9.53 Å². The van der Waals surface area contributed by atoms with Crippen LogP contribution >= 0.6 is 0 Å². The van der Waals surface area contributed by atoms with Crippen LogP contribution < -0.4 is 10.1 Å². The molecule has 0 unspecified atom stereocenters. The minimum atomic E-state index is -0.407. The second-order valence-electron chi connectivity index (χ2n) is 4.04. The Labute approximate surface area is 119 Å². The predicted octanol–water partition coefficient (Wildman–Crippen LogP) is 0.646. The summed E-state index contributed by atoms with van der Waals surface area (Å²) in [6.45, 7) is 0. The number of ether oxygens (including phenoxy) is 1. The van der Waals surface area contributed by atoms with Crippen LogP contribution in [0, 0.1) is 0 Å². The molecule has 0 spiro atoms. The first-order chi connectivity index (χ1) is 10.3. The van der Waals surface area contributed by atoms with Crippen molar-refractivity contribution >= 4 is 11.6 Å². The Bertz CT molecular complexity index is 751. The highest BCUT2D eigenvalue weighted by atomic mass is 16.5. The Balaban J connectivity index is 1.76. The molecular weight excluding hydrogens is 274 g/mol. The third kappa shape index (κ3) is 2.71. The molecule has 2 N–H and O–H groups in total. The Morgan fingerprint density at radius 3 is 2.90 bits per heavy atom. The Morgan fingerprint density at radius 1 is 1.33 bits per heavy atom. The molecule has 0 aliphatic carbocycles. The number of aromatic nitrogens is 6. The SMILES string of the molecule is COc1cccc(NC(=O)c2nc(-n3cnnc3)n[nH]2)c1. The largest absolute Gasteiger partial charge is 0.497 e. The number of nitrogens with zero attached hydrogens (tertiary/aromatic N) is 5. The van der Waals surface area contributed by atoms with Gasteiger partial charge in [0.2, 0.25) is 5.82 Å². The van der Waals surface area contributed by atoms with E-state index in [4.69, 9.17) is 4.74 Å². The first-order valence-electron chi connectivity index (χ1n) is 5.99. The number of amides is 1. The molecule has 1 aromatic carbocycles. The fraction of sp³-hybridized carbons (Fsp3) is 0.0833. The standard InChI is InChI=1S/C12H11N7O2/c1-21-9-4-2-3-8(5-9)15-11(20)10-16-12(18-17-10)19-6-13-14-7-19/h2-7H,1H3,(H,15,20)(H,16,17,18). The second kappa shape index (κ2) is 5.41. The summed E-state index contributed by atoms with van der Waals surface area (Å²) in [4.78, 5) is 16.1. The summed E-state index contributed by atoms with van der Waals surface area (Å²) in [5.74, 6) is 0.614. The molecule has 0 radical (unpaired) electrons. The number of carbonyl (C=O) groups is 1. The molecule has 3 aromatic rings. The Kier molecular flexibility index (Phi) is 3.29. The summed E-state index contributed by atoms with van der Waals surface area (Å²) in [5, 5.41) is 16.5. The molecule has 106 valence electrons. The number of aromatic amines is 1. The van der Waals surface area contributed by atoms with Crippen LogP contribution in [0.25, 0.3) is 5.95 Å². The summed E-state index contributed by atoms with van der Waals surface area (Å²) >= 11 is 0. The normalized spacial score (nSPS) is 10.3. The molecule has 0 bridgehead atoms. The molecule has 2 aromatic heterocycles. The molecular formula is C12H11N7O2. The highest BCUT2D eigenvalue weighted by Gasteiger charge is 2.13. The number of H-pyrrole nitrogens is 1. The fourth-order valence-electron chi connectivity index (χ4n) is 1.67. The summed E-state index contributed by atoms with van der Waals surface area (Å²) in [6, 6.07) is 7.01. The molecule has 9 nitrogen and oxygen atoms in total. The lowest BCUT2D eigenvalue weighted by molar-refractivity contribution is 0.101. The van der Waals surface area contributed by atoms with Crippen LogP contribution in [-0.4, -0.2) is 43.0 Å². The van der Waals surface area contributed by atoms with Crippen molar-refractivity contribution in [3.63, 3.8) is 0 Å². The lowest BCUT2D eigenvalue weighted by atomic mass is 10.3. The zero-order valence-corrected chi connectivity index (χ0v) is 11.0. The summed E-state index contributed by atoms with van der Waals surface area (Å²) in [5.41, 5.74) is 0.599. The van der Waals surface area contributed by atoms with E-state index in [1.165, 1.54) is 17.2 Å². The zero-order chi connectivity index (χ0) is 14.7. The van der Waals surface area contributed by atoms with Gasteiger partial charge in [0.1, 0.15) is 18.4 Å². The molecule has 0 aliphatic heterocycles. The third-order valence-corrected chi connectivity index (χ3v) is 2.67. The molecule has 0 saturated heterocycles. The number of carbonyl (C=O) groups excluding carboxylic acids is 1. The van der Waals surface area contributed by atoms with Crippen molar-refractivity contribution in [1.29, 1.82) is 0 Å². The van der Waals surface area contributed by atoms with Crippen LogP contribution in [0.2, 0.25) is 0 Å². The molecule has 3 rings (SSSR count). The van der Waals surface area contributed by atoms with Gasteiger partial charge in [-0.25, -0.2) is 0 Å². The van der Waals surface area contributed by atoms with Gasteiger partial charge >= 0.3 is 0 Å². The third-order valence-electron chi connectivity index (χ3n) is 2.67. The van der Waals surface area contributed by atoms with Crippen molar-refractivity contribution in [2.45, 2.75) is 0 Å². The van der Waals surface area contributed by atoms with Crippen LogP contribution in [0.5, 0.6) is 5.75 Å². The summed E-state index contributed by atoms with van der Waals surface area (Å²) in [6.07, 6.45) is 2.87. The first-order valence-corrected chi connectivity index (χ1v) is 5.99. The van der Waals surface area contributed by atoms with E-state index in [-0.39, 0.29) is 11.8 Å². The summed E-state index contributed by atoms with van der Waals surface area (Å²) in [7, 11) is 1.56. The predicted molar refractivity (Wildman–Crippen MR) is 72.2 cm³/mol. The molecule has 0 fully saturated rings. The zero-order valence-electron chi connectivity index (χ0n) is 11.0. The highest BCUT2D eigenvalue weighted by Crippen LogP contribution is 2.17. The van der Waals surface area contributed by atoms with Crippen LogP contribution in [0.3, 0.4) is 0 Å². The quantitative estimate of drug-likeness (QED) is 0.728. The maximum atomic E-state index is 12.1. The Hall–Kier alpha value is -3.23. The molecule has 0 atom stereocenters. The van der Waals surface area contributed by atoms with E-state index in [1.807, 2.05) is 0 Å². The summed E-state index contributed by atoms with van der Waals surface area (Å²) < 4.78 is 6.58. The first kappa shape index (κ1) is 12.8. The number of anilines is 1. The van der Waals surface area contributed by atoms with Gasteiger partial charge in [0.15, 0.2) is 0 Å². The number of nitrogens with one attached hydrogen (secondary N) is 2. The average molecular weight is 285 g/mol. The van der Waals surface area contributed by atoms with E-state index < -0.39 is 5.91 Å². The molecule has 0 aliphatic rings. The fourth-order valence-corrected chi connectivity index (χ4v) is 1.67. The smallest absolute Gasteiger partial charge is 0.293 e. The monoisotopic (exact) mass is 285 g/mol. The van der Waals surface area contributed by atoms with E-state index in [0.717, 1.165) is 0 Å². The molecule has 2 heterocycles. The van der Waals surface area contributed by atoms with Gasteiger partial charge in [-0.1, -0.05) is 6.07 Å². The molecule has 21 heavy (non-hydrogen) atoms. The van der Waals surface area contributed by atoms with Gasteiger partial charge in [-0.3, -0.25) is 14.5 Å². The number of benzene rings is 1. The van der Waals surface area contributed by atoms with E-state index in [9.17, 15) is 4.79 Å². The van der Waals surface area contributed by atoms with Gasteiger partial charge in [-0.2, -0.15) is 4.98 Å². The highest BCUT2D eigenvalue weighted by molar-refractivity contribution is 6.01. The number of methoxy groups -OCH3 is 1. The van der Waals surface area contributed by atoms with Gasteiger partial charge in [0, 0.05) is 11.8 Å². The lowest BCUT2D eigenvalue weighted by Gasteiger charge is -2.04. The topological polar surface area (TPSA) is 111 Å². The van der Waals surface area contributed by atoms with Gasteiger partial charge in [-0.05, 0) is 12.1 Å². The van der Waals surface area contributed by atoms with Crippen LogP contribution in [0.1, 0.15) is 10.6 Å². The van der Waals surface area contributed by atoms with Gasteiger partial charge in [0.05, 0.1) is 7.11 Å². The van der Waals surface area contributed by atoms with Crippen molar-refractivity contribution in [2.24, 2.45) is 0 Å². The van der Waals surface area contributed by atoms with Gasteiger partial charge in [-0.15, -0.1) is 15.3 Å². The van der Waals surface area contributed by atoms with Crippen molar-refractivity contribution in [2.75, 3.05) is 12.4 Å². The maximum absolute atomic E-state index is 12.1. The maximum Gasteiger partial charge on any atom is 0.293 e. The average Bonchev–Trinajstić information content (AvgIpc) is 3.18. The number of hydrogen-bond acceptors (Lipinski definition) is 6. The molecule has 0 saturated carbocycles. The second-order valence-corrected chi connectivity index (χ2v) is 4.04. The van der Waals surface area contributed by atoms with Crippen molar-refractivity contribution in [1.82, 2.24) is 29.9 Å². The Morgan fingerprint density at radius 2 is 2.14 bits per heavy atom. The van der Waals surface area contributed by atoms with Gasteiger partial charge < -0.3 is 10.1 Å².